The van der Waals surface area contributed by atoms with Gasteiger partial charge in [-0.05, 0) is 36.5 Å². The van der Waals surface area contributed by atoms with E-state index in [-0.39, 0.29) is 17.5 Å². The highest BCUT2D eigenvalue weighted by Crippen LogP contribution is 2.30. The average molecular weight is 468 g/mol. The van der Waals surface area contributed by atoms with Gasteiger partial charge in [0.1, 0.15) is 11.3 Å². The van der Waals surface area contributed by atoms with Crippen molar-refractivity contribution in [2.75, 3.05) is 0 Å². The van der Waals surface area contributed by atoms with E-state index in [4.69, 9.17) is 10.8 Å². The summed E-state index contributed by atoms with van der Waals surface area (Å²) in [5.41, 5.74) is 9.18. The van der Waals surface area contributed by atoms with Crippen molar-refractivity contribution >= 4 is 11.8 Å². The largest absolute Gasteiger partial charge is 0.365 e. The molecular weight excluding hydrogens is 442 g/mol. The van der Waals surface area contributed by atoms with Crippen molar-refractivity contribution < 1.29 is 9.59 Å². The molecule has 8 heteroatoms. The summed E-state index contributed by atoms with van der Waals surface area (Å²) in [5.74, 6) is -1.06. The van der Waals surface area contributed by atoms with E-state index in [2.05, 4.69) is 10.3 Å². The van der Waals surface area contributed by atoms with E-state index in [1.807, 2.05) is 60.7 Å². The Balaban J connectivity index is 1.48. The van der Waals surface area contributed by atoms with Gasteiger partial charge >= 0.3 is 0 Å². The molecule has 2 aromatic carbocycles. The second kappa shape index (κ2) is 9.42. The lowest BCUT2D eigenvalue weighted by Gasteiger charge is -2.26. The standard InChI is InChI=1S/C27H25N5O3/c28-25(33)20-14-19-22(29-26(20)34)12-7-13-23(19)30-27(35)21-16-32(15-17-8-3-1-4-9-17)31-24(21)18-10-5-2-6-11-18/h1-6,8-11,14,16,23H,7,12-13,15H2,(H2,28,33)(H,29,34)(H,30,35). The van der Waals surface area contributed by atoms with Gasteiger partial charge in [0.2, 0.25) is 0 Å². The minimum Gasteiger partial charge on any atom is -0.365 e. The summed E-state index contributed by atoms with van der Waals surface area (Å²) in [6.07, 6.45) is 3.90. The molecule has 1 atom stereocenters. The van der Waals surface area contributed by atoms with Crippen molar-refractivity contribution in [1.82, 2.24) is 20.1 Å². The number of primary amides is 1. The van der Waals surface area contributed by atoms with Crippen molar-refractivity contribution in [2.45, 2.75) is 31.8 Å². The smallest absolute Gasteiger partial charge is 0.261 e. The van der Waals surface area contributed by atoms with Gasteiger partial charge in [-0.3, -0.25) is 19.1 Å². The number of aromatic nitrogens is 3. The molecule has 1 unspecified atom stereocenters. The number of nitrogens with one attached hydrogen (secondary N) is 2. The van der Waals surface area contributed by atoms with E-state index in [0.29, 0.717) is 30.6 Å². The molecule has 5 rings (SSSR count). The first-order chi connectivity index (χ1) is 17.0. The monoisotopic (exact) mass is 467 g/mol. The van der Waals surface area contributed by atoms with Crippen LogP contribution in [0.3, 0.4) is 0 Å². The Kier molecular flexibility index (Phi) is 6.01. The Labute approximate surface area is 201 Å². The van der Waals surface area contributed by atoms with Crippen molar-refractivity contribution in [3.8, 4) is 11.3 Å². The topological polar surface area (TPSA) is 123 Å². The highest BCUT2D eigenvalue weighted by atomic mass is 16.2. The molecule has 176 valence electrons. The summed E-state index contributed by atoms with van der Waals surface area (Å²) < 4.78 is 1.77. The fourth-order valence-electron chi connectivity index (χ4n) is 4.56. The number of carbonyl (C=O) groups is 2. The van der Waals surface area contributed by atoms with Crippen LogP contribution in [0.15, 0.2) is 77.7 Å². The molecule has 2 aromatic heterocycles. The summed E-state index contributed by atoms with van der Waals surface area (Å²) in [6.45, 7) is 0.531. The first-order valence-electron chi connectivity index (χ1n) is 11.5. The molecular formula is C27H25N5O3. The number of carbonyl (C=O) groups excluding carboxylic acids is 2. The molecule has 2 amide bonds. The third kappa shape index (κ3) is 4.63. The van der Waals surface area contributed by atoms with Crippen LogP contribution in [-0.2, 0) is 13.0 Å². The van der Waals surface area contributed by atoms with Crippen molar-refractivity contribution in [2.24, 2.45) is 5.73 Å². The molecule has 35 heavy (non-hydrogen) atoms. The number of aryl methyl sites for hydroxylation is 1. The predicted molar refractivity (Wildman–Crippen MR) is 132 cm³/mol. The number of nitrogens with zero attached hydrogens (tertiary/aromatic N) is 2. The Morgan fingerprint density at radius 3 is 2.49 bits per heavy atom. The number of H-pyrrole nitrogens is 1. The van der Waals surface area contributed by atoms with Crippen molar-refractivity contribution in [1.29, 1.82) is 0 Å². The SMILES string of the molecule is NC(=O)c1cc2c([nH]c1=O)CCCC2NC(=O)c1cn(Cc2ccccc2)nc1-c1ccccc1. The van der Waals surface area contributed by atoms with Crippen molar-refractivity contribution in [3.05, 3.63) is 111 Å². The molecule has 4 aromatic rings. The molecule has 0 aliphatic heterocycles. The Hall–Kier alpha value is -4.46. The minimum absolute atomic E-state index is 0.106. The molecule has 1 aliphatic rings. The Morgan fingerprint density at radius 2 is 1.77 bits per heavy atom. The van der Waals surface area contributed by atoms with Crippen LogP contribution in [0.4, 0.5) is 0 Å². The highest BCUT2D eigenvalue weighted by molar-refractivity contribution is 6.00. The summed E-state index contributed by atoms with van der Waals surface area (Å²) >= 11 is 0. The van der Waals surface area contributed by atoms with E-state index >= 15 is 0 Å². The first kappa shape index (κ1) is 22.3. The number of benzene rings is 2. The van der Waals surface area contributed by atoms with Crippen LogP contribution in [0.1, 0.15) is 56.4 Å². The highest BCUT2D eigenvalue weighted by Gasteiger charge is 2.27. The molecule has 0 spiro atoms. The van der Waals surface area contributed by atoms with Crippen LogP contribution in [0.5, 0.6) is 0 Å². The summed E-state index contributed by atoms with van der Waals surface area (Å²) in [4.78, 5) is 40.2. The molecule has 2 heterocycles. The third-order valence-electron chi connectivity index (χ3n) is 6.26. The van der Waals surface area contributed by atoms with E-state index in [9.17, 15) is 14.4 Å². The molecule has 0 saturated carbocycles. The maximum absolute atomic E-state index is 13.5. The van der Waals surface area contributed by atoms with Crippen LogP contribution in [0, 0.1) is 0 Å². The van der Waals surface area contributed by atoms with E-state index < -0.39 is 11.5 Å². The zero-order chi connectivity index (χ0) is 24.4. The molecule has 8 nitrogen and oxygen atoms in total. The lowest BCUT2D eigenvalue weighted by molar-refractivity contribution is 0.0933. The maximum atomic E-state index is 13.5. The number of fused-ring (bicyclic) bond motifs is 1. The van der Waals surface area contributed by atoms with Crippen LogP contribution in [-0.4, -0.2) is 26.6 Å². The Bertz CT molecular complexity index is 1440. The summed E-state index contributed by atoms with van der Waals surface area (Å²) in [6, 6.07) is 20.7. The Morgan fingerprint density at radius 1 is 1.06 bits per heavy atom. The number of aromatic amines is 1. The zero-order valence-electron chi connectivity index (χ0n) is 19.0. The van der Waals surface area contributed by atoms with E-state index in [1.54, 1.807) is 10.9 Å². The predicted octanol–water partition coefficient (Wildman–Crippen LogP) is 3.19. The molecule has 0 radical (unpaired) electrons. The third-order valence-corrected chi connectivity index (χ3v) is 6.26. The van der Waals surface area contributed by atoms with Gasteiger partial charge in [-0.15, -0.1) is 0 Å². The van der Waals surface area contributed by atoms with E-state index in [0.717, 1.165) is 28.8 Å². The second-order valence-corrected chi connectivity index (χ2v) is 8.67. The number of rotatable bonds is 6. The first-order valence-corrected chi connectivity index (χ1v) is 11.5. The van der Waals surface area contributed by atoms with Crippen LogP contribution in [0.2, 0.25) is 0 Å². The fourth-order valence-corrected chi connectivity index (χ4v) is 4.56. The average Bonchev–Trinajstić information content (AvgIpc) is 3.28. The van der Waals surface area contributed by atoms with Gasteiger partial charge in [-0.2, -0.15) is 5.10 Å². The number of nitrogens with two attached hydrogens (primary N) is 1. The number of hydrogen-bond donors (Lipinski definition) is 3. The lowest BCUT2D eigenvalue weighted by Crippen LogP contribution is -2.34. The van der Waals surface area contributed by atoms with Crippen LogP contribution >= 0.6 is 0 Å². The summed E-state index contributed by atoms with van der Waals surface area (Å²) in [7, 11) is 0. The van der Waals surface area contributed by atoms with Gasteiger partial charge in [0, 0.05) is 17.5 Å². The zero-order valence-corrected chi connectivity index (χ0v) is 19.0. The molecule has 0 fully saturated rings. The molecule has 0 saturated heterocycles. The van der Waals surface area contributed by atoms with Gasteiger partial charge in [-0.25, -0.2) is 0 Å². The minimum atomic E-state index is -0.793. The second-order valence-electron chi connectivity index (χ2n) is 8.67. The van der Waals surface area contributed by atoms with Crippen LogP contribution < -0.4 is 16.6 Å². The molecule has 4 N–H and O–H groups in total. The normalized spacial score (nSPS) is 14.8. The lowest BCUT2D eigenvalue weighted by atomic mass is 9.90. The number of pyridine rings is 1. The van der Waals surface area contributed by atoms with Gasteiger partial charge < -0.3 is 16.0 Å². The van der Waals surface area contributed by atoms with Crippen molar-refractivity contribution in [3.63, 3.8) is 0 Å². The van der Waals surface area contributed by atoms with Gasteiger partial charge in [0.05, 0.1) is 18.2 Å². The number of amides is 2. The summed E-state index contributed by atoms with van der Waals surface area (Å²) in [5, 5.41) is 7.83. The molecule has 0 bridgehead atoms. The van der Waals surface area contributed by atoms with Gasteiger partial charge in [0.25, 0.3) is 17.4 Å². The van der Waals surface area contributed by atoms with E-state index in [1.165, 1.54) is 6.07 Å². The van der Waals surface area contributed by atoms with Crippen LogP contribution in [0.25, 0.3) is 11.3 Å². The number of hydrogen-bond acceptors (Lipinski definition) is 4. The quantitative estimate of drug-likeness (QED) is 0.403. The van der Waals surface area contributed by atoms with Gasteiger partial charge in [0.15, 0.2) is 0 Å². The van der Waals surface area contributed by atoms with Gasteiger partial charge in [-0.1, -0.05) is 60.7 Å². The maximum Gasteiger partial charge on any atom is 0.261 e. The molecule has 1 aliphatic carbocycles. The fraction of sp³-hybridized carbons (Fsp3) is 0.185.